The van der Waals surface area contributed by atoms with Gasteiger partial charge in [-0.1, -0.05) is 0 Å². The molecule has 0 amide bonds. The van der Waals surface area contributed by atoms with Crippen LogP contribution in [0.4, 0.5) is 0 Å². The molecule has 0 aliphatic carbocycles. The number of carbonyl (C=O) groups is 1. The third kappa shape index (κ3) is 4.40. The molecule has 0 atom stereocenters. The number of hydrogen-bond acceptors (Lipinski definition) is 5. The Morgan fingerprint density at radius 1 is 1.37 bits per heavy atom. The van der Waals surface area contributed by atoms with Crippen LogP contribution in [0.1, 0.15) is 31.1 Å². The van der Waals surface area contributed by atoms with Gasteiger partial charge >= 0.3 is 5.97 Å². The molecule has 0 aliphatic heterocycles. The summed E-state index contributed by atoms with van der Waals surface area (Å²) in [6.45, 7) is 5.49. The maximum atomic E-state index is 11.9. The maximum Gasteiger partial charge on any atom is 0.342 e. The highest BCUT2D eigenvalue weighted by Gasteiger charge is 2.20. The van der Waals surface area contributed by atoms with Crippen molar-refractivity contribution >= 4 is 25.7 Å². The SMILES string of the molecule is CCOc1ccc(S(=O)(=O)Cl)cc1C(=O)OC(C)C. The number of rotatable bonds is 5. The van der Waals surface area contributed by atoms with Crippen molar-refractivity contribution in [2.45, 2.75) is 31.8 Å². The van der Waals surface area contributed by atoms with Crippen LogP contribution < -0.4 is 4.74 Å². The Morgan fingerprint density at radius 2 is 2.00 bits per heavy atom. The number of carbonyl (C=O) groups excluding carboxylic acids is 1. The van der Waals surface area contributed by atoms with Crippen molar-refractivity contribution in [1.29, 1.82) is 0 Å². The average Bonchev–Trinajstić information content (AvgIpc) is 2.27. The zero-order valence-corrected chi connectivity index (χ0v) is 12.4. The summed E-state index contributed by atoms with van der Waals surface area (Å²) in [4.78, 5) is 11.7. The number of halogens is 1. The minimum atomic E-state index is -3.91. The van der Waals surface area contributed by atoms with Gasteiger partial charge in [0.2, 0.25) is 0 Å². The van der Waals surface area contributed by atoms with Gasteiger partial charge in [-0.25, -0.2) is 13.2 Å². The van der Waals surface area contributed by atoms with Gasteiger partial charge in [-0.2, -0.15) is 0 Å². The van der Waals surface area contributed by atoms with Crippen molar-refractivity contribution < 1.29 is 22.7 Å². The largest absolute Gasteiger partial charge is 0.493 e. The number of benzene rings is 1. The van der Waals surface area contributed by atoms with Crippen LogP contribution in [0.15, 0.2) is 23.1 Å². The summed E-state index contributed by atoms with van der Waals surface area (Å²) in [6, 6.07) is 3.81. The quantitative estimate of drug-likeness (QED) is 0.617. The van der Waals surface area contributed by atoms with Gasteiger partial charge in [0.15, 0.2) is 0 Å². The summed E-state index contributed by atoms with van der Waals surface area (Å²) < 4.78 is 32.8. The van der Waals surface area contributed by atoms with Crippen LogP contribution in [0.25, 0.3) is 0 Å². The van der Waals surface area contributed by atoms with E-state index in [9.17, 15) is 13.2 Å². The molecule has 0 aromatic heterocycles. The van der Waals surface area contributed by atoms with E-state index in [1.165, 1.54) is 12.1 Å². The lowest BCUT2D eigenvalue weighted by atomic mass is 10.2. The third-order valence-corrected chi connectivity index (χ3v) is 3.45. The van der Waals surface area contributed by atoms with Gasteiger partial charge in [-0.05, 0) is 39.0 Å². The van der Waals surface area contributed by atoms with E-state index >= 15 is 0 Å². The topological polar surface area (TPSA) is 69.7 Å². The first kappa shape index (κ1) is 15.8. The average molecular weight is 307 g/mol. The molecule has 0 saturated heterocycles. The predicted molar refractivity (Wildman–Crippen MR) is 71.2 cm³/mol. The summed E-state index contributed by atoms with van der Waals surface area (Å²) in [5.41, 5.74) is 0.0391. The molecule has 0 bridgehead atoms. The molecule has 7 heteroatoms. The molecule has 19 heavy (non-hydrogen) atoms. The molecule has 0 aliphatic rings. The van der Waals surface area contributed by atoms with Gasteiger partial charge in [-0.3, -0.25) is 0 Å². The maximum absolute atomic E-state index is 11.9. The Bertz CT molecular complexity index is 565. The lowest BCUT2D eigenvalue weighted by Gasteiger charge is -2.12. The third-order valence-electron chi connectivity index (χ3n) is 2.10. The van der Waals surface area contributed by atoms with Crippen molar-refractivity contribution in [2.75, 3.05) is 6.61 Å². The molecule has 0 N–H and O–H groups in total. The first-order valence-corrected chi connectivity index (χ1v) is 7.99. The minimum absolute atomic E-state index is 0.0391. The Balaban J connectivity index is 3.27. The fourth-order valence-corrected chi connectivity index (χ4v) is 2.16. The Labute approximate surface area is 116 Å². The Morgan fingerprint density at radius 3 is 2.47 bits per heavy atom. The minimum Gasteiger partial charge on any atom is -0.493 e. The van der Waals surface area contributed by atoms with E-state index in [4.69, 9.17) is 20.2 Å². The molecule has 0 radical (unpaired) electrons. The summed E-state index contributed by atoms with van der Waals surface area (Å²) in [5.74, 6) is -0.391. The first-order valence-electron chi connectivity index (χ1n) is 5.68. The van der Waals surface area contributed by atoms with Crippen LogP contribution in [0.2, 0.25) is 0 Å². The second-order valence-electron chi connectivity index (χ2n) is 3.98. The molecule has 0 saturated carbocycles. The monoisotopic (exact) mass is 306 g/mol. The highest BCUT2D eigenvalue weighted by molar-refractivity contribution is 8.13. The Hall–Kier alpha value is -1.27. The van der Waals surface area contributed by atoms with E-state index in [1.807, 2.05) is 0 Å². The van der Waals surface area contributed by atoms with E-state index in [-0.39, 0.29) is 22.3 Å². The van der Waals surface area contributed by atoms with Crippen LogP contribution in [0.3, 0.4) is 0 Å². The summed E-state index contributed by atoms with van der Waals surface area (Å²) in [5, 5.41) is 0. The van der Waals surface area contributed by atoms with Crippen LogP contribution in [0.5, 0.6) is 5.75 Å². The highest BCUT2D eigenvalue weighted by Crippen LogP contribution is 2.25. The molecule has 0 spiro atoms. The molecule has 1 rings (SSSR count). The standard InChI is InChI=1S/C12H15ClO5S/c1-4-17-11-6-5-9(19(13,15)16)7-10(11)12(14)18-8(2)3/h5-8H,4H2,1-3H3. The van der Waals surface area contributed by atoms with Crippen molar-refractivity contribution in [3.05, 3.63) is 23.8 Å². The fourth-order valence-electron chi connectivity index (χ4n) is 1.38. The van der Waals surface area contributed by atoms with Crippen molar-refractivity contribution in [2.24, 2.45) is 0 Å². The van der Waals surface area contributed by atoms with Gasteiger partial charge in [0.05, 0.1) is 17.6 Å². The fraction of sp³-hybridized carbons (Fsp3) is 0.417. The van der Waals surface area contributed by atoms with E-state index in [2.05, 4.69) is 0 Å². The van der Waals surface area contributed by atoms with Gasteiger partial charge in [0, 0.05) is 10.7 Å². The van der Waals surface area contributed by atoms with Crippen molar-refractivity contribution in [3.8, 4) is 5.75 Å². The normalized spacial score (nSPS) is 11.4. The zero-order chi connectivity index (χ0) is 14.6. The molecule has 5 nitrogen and oxygen atoms in total. The lowest BCUT2D eigenvalue weighted by molar-refractivity contribution is 0.0373. The van der Waals surface area contributed by atoms with Crippen LogP contribution in [0, 0.1) is 0 Å². The molecule has 1 aromatic carbocycles. The molecular formula is C12H15ClO5S. The first-order chi connectivity index (χ1) is 8.75. The van der Waals surface area contributed by atoms with E-state index in [0.29, 0.717) is 6.61 Å². The van der Waals surface area contributed by atoms with E-state index in [0.717, 1.165) is 6.07 Å². The summed E-state index contributed by atoms with van der Waals surface area (Å²) in [6.07, 6.45) is -0.321. The molecule has 106 valence electrons. The van der Waals surface area contributed by atoms with Gasteiger partial charge < -0.3 is 9.47 Å². The molecule has 1 aromatic rings. The zero-order valence-electron chi connectivity index (χ0n) is 10.8. The second kappa shape index (κ2) is 6.25. The molecule has 0 heterocycles. The van der Waals surface area contributed by atoms with Crippen molar-refractivity contribution in [1.82, 2.24) is 0 Å². The molecule has 0 fully saturated rings. The van der Waals surface area contributed by atoms with Gasteiger partial charge in [0.1, 0.15) is 11.3 Å². The number of hydrogen-bond donors (Lipinski definition) is 0. The molecule has 0 unspecified atom stereocenters. The Kier molecular flexibility index (Phi) is 5.20. The molecular weight excluding hydrogens is 292 g/mol. The summed E-state index contributed by atoms with van der Waals surface area (Å²) in [7, 11) is 1.34. The lowest BCUT2D eigenvalue weighted by Crippen LogP contribution is -2.13. The highest BCUT2D eigenvalue weighted by atomic mass is 35.7. The van der Waals surface area contributed by atoms with E-state index < -0.39 is 15.0 Å². The van der Waals surface area contributed by atoms with E-state index in [1.54, 1.807) is 20.8 Å². The summed E-state index contributed by atoms with van der Waals surface area (Å²) >= 11 is 0. The van der Waals surface area contributed by atoms with Crippen LogP contribution >= 0.6 is 10.7 Å². The van der Waals surface area contributed by atoms with Gasteiger partial charge in [0.25, 0.3) is 9.05 Å². The van der Waals surface area contributed by atoms with Crippen LogP contribution in [-0.4, -0.2) is 27.1 Å². The predicted octanol–water partition coefficient (Wildman–Crippen LogP) is 2.58. The van der Waals surface area contributed by atoms with Crippen molar-refractivity contribution in [3.63, 3.8) is 0 Å². The smallest absolute Gasteiger partial charge is 0.342 e. The van der Waals surface area contributed by atoms with Crippen LogP contribution in [-0.2, 0) is 13.8 Å². The second-order valence-corrected chi connectivity index (χ2v) is 6.55. The number of ether oxygens (including phenoxy) is 2. The van der Waals surface area contributed by atoms with Gasteiger partial charge in [-0.15, -0.1) is 0 Å². The number of esters is 1.